The van der Waals surface area contributed by atoms with E-state index in [1.165, 1.54) is 0 Å². The second kappa shape index (κ2) is 7.86. The molecule has 1 N–H and O–H groups in total. The normalized spacial score (nSPS) is 24.8. The van der Waals surface area contributed by atoms with Gasteiger partial charge in [0.2, 0.25) is 0 Å². The first-order valence-corrected chi connectivity index (χ1v) is 11.0. The van der Waals surface area contributed by atoms with Gasteiger partial charge in [0.25, 0.3) is 10.1 Å². The monoisotopic (exact) mass is 326 g/mol. The summed E-state index contributed by atoms with van der Waals surface area (Å²) < 4.78 is 47.6. The van der Waals surface area contributed by atoms with Crippen molar-refractivity contribution in [1.82, 2.24) is 0 Å². The third-order valence-corrected chi connectivity index (χ3v) is 8.34. The number of rotatable bonds is 8. The first-order valence-electron chi connectivity index (χ1n) is 6.99. The van der Waals surface area contributed by atoms with Gasteiger partial charge in [0.1, 0.15) is 0 Å². The van der Waals surface area contributed by atoms with Crippen LogP contribution in [0.4, 0.5) is 0 Å². The van der Waals surface area contributed by atoms with E-state index in [-0.39, 0.29) is 6.10 Å². The van der Waals surface area contributed by atoms with Crippen LogP contribution in [-0.2, 0) is 23.7 Å². The Hall–Kier alpha value is 0.00688. The third kappa shape index (κ3) is 5.78. The van der Waals surface area contributed by atoms with E-state index in [4.69, 9.17) is 18.1 Å². The lowest BCUT2D eigenvalue weighted by molar-refractivity contribution is 0.0282. The molecular formula is C12H26O6SSi. The summed E-state index contributed by atoms with van der Waals surface area (Å²) in [6.45, 7) is 2.65. The predicted octanol–water partition coefficient (Wildman–Crippen LogP) is 1.96. The van der Waals surface area contributed by atoms with Crippen LogP contribution in [0.15, 0.2) is 0 Å². The van der Waals surface area contributed by atoms with Gasteiger partial charge < -0.3 is 13.6 Å². The Morgan fingerprint density at radius 3 is 2.15 bits per heavy atom. The topological polar surface area (TPSA) is 82.1 Å². The standard InChI is InChI=1S/C12H26O6SSi/c1-16-20(3,17-2)10-4-9-18-11-5-7-12(8-6-11)19(13,14)15/h11-12H,4-10H2,1-3H3,(H,13,14,15). The molecule has 0 aromatic rings. The first-order chi connectivity index (χ1) is 9.30. The molecule has 20 heavy (non-hydrogen) atoms. The summed E-state index contributed by atoms with van der Waals surface area (Å²) in [7, 11) is -2.55. The smallest absolute Gasteiger partial charge is 0.334 e. The van der Waals surface area contributed by atoms with Crippen molar-refractivity contribution in [2.75, 3.05) is 20.8 Å². The average Bonchev–Trinajstić information content (AvgIpc) is 2.43. The van der Waals surface area contributed by atoms with E-state index in [0.717, 1.165) is 12.5 Å². The van der Waals surface area contributed by atoms with E-state index in [1.54, 1.807) is 14.2 Å². The van der Waals surface area contributed by atoms with Crippen molar-refractivity contribution in [3.8, 4) is 0 Å². The molecule has 0 saturated heterocycles. The SMILES string of the molecule is CO[Si](C)(CCCOC1CCC(S(=O)(=O)O)CC1)OC. The molecule has 0 heterocycles. The van der Waals surface area contributed by atoms with Crippen LogP contribution in [0.2, 0.25) is 12.6 Å². The van der Waals surface area contributed by atoms with Crippen LogP contribution in [0.1, 0.15) is 32.1 Å². The second-order valence-electron chi connectivity index (χ2n) is 5.43. The molecular weight excluding hydrogens is 300 g/mol. The molecule has 0 aromatic carbocycles. The molecule has 6 nitrogen and oxygen atoms in total. The predicted molar refractivity (Wildman–Crippen MR) is 78.6 cm³/mol. The summed E-state index contributed by atoms with van der Waals surface area (Å²) in [5.41, 5.74) is 0. The molecule has 1 aliphatic rings. The van der Waals surface area contributed by atoms with Gasteiger partial charge in [-0.05, 0) is 44.7 Å². The molecule has 0 amide bonds. The Bertz CT molecular complexity index is 373. The molecule has 0 spiro atoms. The zero-order valence-electron chi connectivity index (χ0n) is 12.5. The highest BCUT2D eigenvalue weighted by molar-refractivity contribution is 7.86. The molecule has 0 bridgehead atoms. The average molecular weight is 326 g/mol. The van der Waals surface area contributed by atoms with Crippen LogP contribution >= 0.6 is 0 Å². The number of hydrogen-bond acceptors (Lipinski definition) is 5. The van der Waals surface area contributed by atoms with Crippen molar-refractivity contribution >= 4 is 18.7 Å². The minimum absolute atomic E-state index is 0.103. The highest BCUT2D eigenvalue weighted by Gasteiger charge is 2.30. The fourth-order valence-corrected chi connectivity index (χ4v) is 4.66. The van der Waals surface area contributed by atoms with Gasteiger partial charge in [0.15, 0.2) is 0 Å². The summed E-state index contributed by atoms with van der Waals surface area (Å²) in [5, 5.41) is -0.611. The zero-order chi connectivity index (χ0) is 15.2. The largest absolute Gasteiger partial charge is 0.398 e. The Balaban J connectivity index is 2.19. The van der Waals surface area contributed by atoms with Gasteiger partial charge >= 0.3 is 8.56 Å². The highest BCUT2D eigenvalue weighted by Crippen LogP contribution is 2.26. The summed E-state index contributed by atoms with van der Waals surface area (Å²) in [6.07, 6.45) is 3.31. The molecule has 0 aliphatic heterocycles. The lowest BCUT2D eigenvalue weighted by Crippen LogP contribution is -2.36. The van der Waals surface area contributed by atoms with Gasteiger partial charge in [-0.1, -0.05) is 0 Å². The Kier molecular flexibility index (Phi) is 7.09. The maximum atomic E-state index is 11.0. The van der Waals surface area contributed by atoms with Crippen molar-refractivity contribution < 1.29 is 26.6 Å². The molecule has 0 atom stereocenters. The minimum Gasteiger partial charge on any atom is -0.398 e. The summed E-state index contributed by atoms with van der Waals surface area (Å²) in [5.74, 6) is 0. The van der Waals surface area contributed by atoms with Crippen molar-refractivity contribution in [2.45, 2.75) is 56.0 Å². The number of ether oxygens (including phenoxy) is 1. The Morgan fingerprint density at radius 2 is 1.70 bits per heavy atom. The second-order valence-corrected chi connectivity index (χ2v) is 10.7. The van der Waals surface area contributed by atoms with Crippen LogP contribution in [0.25, 0.3) is 0 Å². The van der Waals surface area contributed by atoms with Crippen LogP contribution in [0.5, 0.6) is 0 Å². The fourth-order valence-electron chi connectivity index (χ4n) is 2.43. The quantitative estimate of drug-likeness (QED) is 0.417. The van der Waals surface area contributed by atoms with E-state index in [9.17, 15) is 8.42 Å². The molecule has 0 radical (unpaired) electrons. The van der Waals surface area contributed by atoms with Crippen LogP contribution in [0.3, 0.4) is 0 Å². The van der Waals surface area contributed by atoms with Gasteiger partial charge in [-0.3, -0.25) is 4.55 Å². The van der Waals surface area contributed by atoms with Crippen LogP contribution in [-0.4, -0.2) is 53.7 Å². The number of hydrogen-bond donors (Lipinski definition) is 1. The lowest BCUT2D eigenvalue weighted by Gasteiger charge is -2.27. The van der Waals surface area contributed by atoms with Gasteiger partial charge in [-0.2, -0.15) is 8.42 Å². The van der Waals surface area contributed by atoms with Gasteiger partial charge in [-0.25, -0.2) is 0 Å². The lowest BCUT2D eigenvalue weighted by atomic mass is 9.97. The van der Waals surface area contributed by atoms with E-state index in [1.807, 2.05) is 6.55 Å². The molecule has 0 unspecified atom stereocenters. The molecule has 8 heteroatoms. The van der Waals surface area contributed by atoms with Crippen molar-refractivity contribution in [2.24, 2.45) is 0 Å². The van der Waals surface area contributed by atoms with Gasteiger partial charge in [-0.15, -0.1) is 0 Å². The van der Waals surface area contributed by atoms with Crippen molar-refractivity contribution in [3.63, 3.8) is 0 Å². The van der Waals surface area contributed by atoms with Gasteiger partial charge in [0.05, 0.1) is 11.4 Å². The fraction of sp³-hybridized carbons (Fsp3) is 1.00. The molecule has 0 aromatic heterocycles. The summed E-state index contributed by atoms with van der Waals surface area (Å²) in [4.78, 5) is 0. The maximum Gasteiger partial charge on any atom is 0.334 e. The molecule has 1 rings (SSSR count). The van der Waals surface area contributed by atoms with E-state index < -0.39 is 23.9 Å². The third-order valence-electron chi connectivity index (χ3n) is 4.03. The molecule has 1 aliphatic carbocycles. The maximum absolute atomic E-state index is 11.0. The molecule has 1 saturated carbocycles. The van der Waals surface area contributed by atoms with Crippen molar-refractivity contribution in [1.29, 1.82) is 0 Å². The van der Waals surface area contributed by atoms with Crippen LogP contribution in [0, 0.1) is 0 Å². The van der Waals surface area contributed by atoms with Crippen molar-refractivity contribution in [3.05, 3.63) is 0 Å². The van der Waals surface area contributed by atoms with Crippen LogP contribution < -0.4 is 0 Å². The zero-order valence-corrected chi connectivity index (χ0v) is 14.3. The Morgan fingerprint density at radius 1 is 1.15 bits per heavy atom. The van der Waals surface area contributed by atoms with E-state index in [2.05, 4.69) is 0 Å². The summed E-state index contributed by atoms with van der Waals surface area (Å²) >= 11 is 0. The Labute approximate surface area is 122 Å². The highest BCUT2D eigenvalue weighted by atomic mass is 32.2. The van der Waals surface area contributed by atoms with E-state index in [0.29, 0.717) is 32.3 Å². The van der Waals surface area contributed by atoms with Gasteiger partial charge in [0, 0.05) is 20.8 Å². The summed E-state index contributed by atoms with van der Waals surface area (Å²) in [6, 6.07) is 0.875. The minimum atomic E-state index is -3.88. The van der Waals surface area contributed by atoms with E-state index >= 15 is 0 Å². The molecule has 120 valence electrons. The first kappa shape index (κ1) is 18.1. The molecule has 1 fully saturated rings.